The topological polar surface area (TPSA) is 63.8 Å². The Kier molecular flexibility index (Phi) is 3.26. The average Bonchev–Trinajstić information content (AvgIpc) is 2.93. The first-order valence-electron chi connectivity index (χ1n) is 6.33. The quantitative estimate of drug-likeness (QED) is 0.788. The van der Waals surface area contributed by atoms with Crippen LogP contribution in [0.25, 0.3) is 17.1 Å². The van der Waals surface area contributed by atoms with Gasteiger partial charge in [0, 0.05) is 6.20 Å². The van der Waals surface area contributed by atoms with E-state index < -0.39 is 0 Å². The van der Waals surface area contributed by atoms with Crippen LogP contribution in [0.1, 0.15) is 11.3 Å². The molecule has 0 bridgehead atoms. The van der Waals surface area contributed by atoms with E-state index in [1.54, 1.807) is 10.9 Å². The van der Waals surface area contributed by atoms with Crippen molar-refractivity contribution in [1.82, 2.24) is 20.0 Å². The fourth-order valence-corrected chi connectivity index (χ4v) is 2.05. The number of aliphatic hydroxyl groups is 1. The van der Waals surface area contributed by atoms with Crippen LogP contribution >= 0.6 is 0 Å². The second kappa shape index (κ2) is 5.22. The van der Waals surface area contributed by atoms with Gasteiger partial charge in [0.25, 0.3) is 0 Å². The van der Waals surface area contributed by atoms with Crippen LogP contribution in [0.15, 0.2) is 48.7 Å². The van der Waals surface area contributed by atoms with Crippen LogP contribution < -0.4 is 0 Å². The van der Waals surface area contributed by atoms with E-state index in [1.165, 1.54) is 5.56 Å². The van der Waals surface area contributed by atoms with Gasteiger partial charge in [-0.3, -0.25) is 4.98 Å². The van der Waals surface area contributed by atoms with Crippen molar-refractivity contribution in [1.29, 1.82) is 0 Å². The molecule has 0 aliphatic heterocycles. The second-order valence-electron chi connectivity index (χ2n) is 4.51. The van der Waals surface area contributed by atoms with E-state index in [0.717, 1.165) is 17.1 Å². The van der Waals surface area contributed by atoms with Crippen LogP contribution in [-0.2, 0) is 6.61 Å². The van der Waals surface area contributed by atoms with E-state index in [-0.39, 0.29) is 6.61 Å². The lowest BCUT2D eigenvalue weighted by molar-refractivity contribution is 0.277. The van der Waals surface area contributed by atoms with Crippen molar-refractivity contribution in [2.24, 2.45) is 0 Å². The van der Waals surface area contributed by atoms with Gasteiger partial charge < -0.3 is 5.11 Å². The standard InChI is InChI=1S/C15H14N4O/c1-11-5-7-12(8-6-11)19-15(14(10-20)17-18-19)13-4-2-3-9-16-13/h2-9,20H,10H2,1H3. The molecule has 20 heavy (non-hydrogen) atoms. The maximum absolute atomic E-state index is 9.44. The molecule has 0 atom stereocenters. The summed E-state index contributed by atoms with van der Waals surface area (Å²) in [6.07, 6.45) is 1.71. The highest BCUT2D eigenvalue weighted by atomic mass is 16.3. The first-order chi connectivity index (χ1) is 9.79. The molecule has 0 saturated heterocycles. The molecule has 0 saturated carbocycles. The van der Waals surface area contributed by atoms with Crippen LogP contribution in [0.5, 0.6) is 0 Å². The summed E-state index contributed by atoms with van der Waals surface area (Å²) < 4.78 is 1.70. The minimum Gasteiger partial charge on any atom is -0.390 e. The SMILES string of the molecule is Cc1ccc(-n2nnc(CO)c2-c2ccccn2)cc1. The number of aliphatic hydroxyl groups excluding tert-OH is 1. The molecule has 0 unspecified atom stereocenters. The van der Waals surface area contributed by atoms with Crippen LogP contribution in [0.2, 0.25) is 0 Å². The molecule has 2 aromatic heterocycles. The van der Waals surface area contributed by atoms with Crippen molar-refractivity contribution in [3.63, 3.8) is 0 Å². The maximum atomic E-state index is 9.44. The van der Waals surface area contributed by atoms with Crippen molar-refractivity contribution >= 4 is 0 Å². The van der Waals surface area contributed by atoms with E-state index in [0.29, 0.717) is 5.69 Å². The minimum absolute atomic E-state index is 0.169. The van der Waals surface area contributed by atoms with E-state index in [2.05, 4.69) is 15.3 Å². The molecule has 0 aliphatic carbocycles. The number of hydrogen-bond acceptors (Lipinski definition) is 4. The highest BCUT2D eigenvalue weighted by Crippen LogP contribution is 2.23. The first-order valence-corrected chi connectivity index (χ1v) is 6.33. The molecule has 1 aromatic carbocycles. The smallest absolute Gasteiger partial charge is 0.118 e. The fourth-order valence-electron chi connectivity index (χ4n) is 2.05. The Morgan fingerprint density at radius 3 is 2.55 bits per heavy atom. The highest BCUT2D eigenvalue weighted by Gasteiger charge is 2.16. The summed E-state index contributed by atoms with van der Waals surface area (Å²) in [4.78, 5) is 4.32. The van der Waals surface area contributed by atoms with E-state index >= 15 is 0 Å². The summed E-state index contributed by atoms with van der Waals surface area (Å²) in [5.74, 6) is 0. The molecule has 0 spiro atoms. The Hall–Kier alpha value is -2.53. The molecule has 0 radical (unpaired) electrons. The molecule has 0 aliphatic rings. The number of nitrogens with zero attached hydrogens (tertiary/aromatic N) is 4. The third-order valence-electron chi connectivity index (χ3n) is 3.08. The lowest BCUT2D eigenvalue weighted by atomic mass is 10.2. The number of benzene rings is 1. The zero-order valence-corrected chi connectivity index (χ0v) is 11.1. The monoisotopic (exact) mass is 266 g/mol. The van der Waals surface area contributed by atoms with Gasteiger partial charge in [0.2, 0.25) is 0 Å². The number of rotatable bonds is 3. The number of aromatic nitrogens is 4. The third-order valence-corrected chi connectivity index (χ3v) is 3.08. The van der Waals surface area contributed by atoms with Gasteiger partial charge >= 0.3 is 0 Å². The molecular formula is C15H14N4O. The molecule has 100 valence electrons. The molecule has 0 amide bonds. The highest BCUT2D eigenvalue weighted by molar-refractivity contribution is 5.60. The molecule has 3 aromatic rings. The predicted octanol–water partition coefficient (Wildman–Crippen LogP) is 2.13. The van der Waals surface area contributed by atoms with Gasteiger partial charge in [0.1, 0.15) is 11.4 Å². The molecule has 0 fully saturated rings. The lowest BCUT2D eigenvalue weighted by Gasteiger charge is -2.07. The molecule has 5 heteroatoms. The normalized spacial score (nSPS) is 10.7. The Labute approximate surface area is 116 Å². The zero-order chi connectivity index (χ0) is 13.9. The number of aryl methyl sites for hydroxylation is 1. The van der Waals surface area contributed by atoms with Gasteiger partial charge in [-0.2, -0.15) is 0 Å². The van der Waals surface area contributed by atoms with Crippen molar-refractivity contribution in [3.05, 3.63) is 59.9 Å². The van der Waals surface area contributed by atoms with Crippen molar-refractivity contribution in [2.45, 2.75) is 13.5 Å². The molecular weight excluding hydrogens is 252 g/mol. The van der Waals surface area contributed by atoms with Gasteiger partial charge in [0.15, 0.2) is 0 Å². The van der Waals surface area contributed by atoms with Gasteiger partial charge in [-0.05, 0) is 31.2 Å². The van der Waals surface area contributed by atoms with Crippen LogP contribution in [0, 0.1) is 6.92 Å². The van der Waals surface area contributed by atoms with Crippen LogP contribution in [-0.4, -0.2) is 25.1 Å². The summed E-state index contributed by atoms with van der Waals surface area (Å²) in [5, 5.41) is 17.6. The first kappa shape index (κ1) is 12.5. The predicted molar refractivity (Wildman–Crippen MR) is 75.2 cm³/mol. The molecule has 1 N–H and O–H groups in total. The summed E-state index contributed by atoms with van der Waals surface area (Å²) in [6, 6.07) is 13.6. The van der Waals surface area contributed by atoms with Crippen molar-refractivity contribution < 1.29 is 5.11 Å². The van der Waals surface area contributed by atoms with E-state index in [1.807, 2.05) is 49.4 Å². The van der Waals surface area contributed by atoms with E-state index in [9.17, 15) is 5.11 Å². The van der Waals surface area contributed by atoms with Crippen molar-refractivity contribution in [2.75, 3.05) is 0 Å². The third kappa shape index (κ3) is 2.19. The zero-order valence-electron chi connectivity index (χ0n) is 11.1. The lowest BCUT2D eigenvalue weighted by Crippen LogP contribution is -2.01. The van der Waals surface area contributed by atoms with Crippen LogP contribution in [0.3, 0.4) is 0 Å². The number of hydrogen-bond donors (Lipinski definition) is 1. The van der Waals surface area contributed by atoms with Gasteiger partial charge in [-0.25, -0.2) is 4.68 Å². The van der Waals surface area contributed by atoms with Gasteiger partial charge in [0.05, 0.1) is 18.0 Å². The molecule has 3 rings (SSSR count). The summed E-state index contributed by atoms with van der Waals surface area (Å²) in [5.41, 5.74) is 4.04. The fraction of sp³-hybridized carbons (Fsp3) is 0.133. The van der Waals surface area contributed by atoms with E-state index in [4.69, 9.17) is 0 Å². The molecule has 5 nitrogen and oxygen atoms in total. The Morgan fingerprint density at radius 1 is 1.10 bits per heavy atom. The molecule has 2 heterocycles. The Bertz CT molecular complexity index is 704. The van der Waals surface area contributed by atoms with Crippen LogP contribution in [0.4, 0.5) is 0 Å². The van der Waals surface area contributed by atoms with Gasteiger partial charge in [-0.15, -0.1) is 5.10 Å². The summed E-state index contributed by atoms with van der Waals surface area (Å²) in [6.45, 7) is 1.86. The summed E-state index contributed by atoms with van der Waals surface area (Å²) in [7, 11) is 0. The maximum Gasteiger partial charge on any atom is 0.118 e. The Morgan fingerprint density at radius 2 is 1.90 bits per heavy atom. The van der Waals surface area contributed by atoms with Gasteiger partial charge in [-0.1, -0.05) is 29.0 Å². The second-order valence-corrected chi connectivity index (χ2v) is 4.51. The Balaban J connectivity index is 2.17. The minimum atomic E-state index is -0.169. The largest absolute Gasteiger partial charge is 0.390 e. The average molecular weight is 266 g/mol. The van der Waals surface area contributed by atoms with Crippen molar-refractivity contribution in [3.8, 4) is 17.1 Å². The number of pyridine rings is 1. The summed E-state index contributed by atoms with van der Waals surface area (Å²) >= 11 is 0.